The van der Waals surface area contributed by atoms with Crippen molar-refractivity contribution in [2.45, 2.75) is 32.6 Å². The number of thiophene rings is 1. The minimum atomic E-state index is 0.0632. The maximum absolute atomic E-state index is 5.25. The Hall–Kier alpha value is -4.08. The Morgan fingerprint density at radius 1 is 0.921 bits per heavy atom. The second kappa shape index (κ2) is 9.34. The first-order valence-electron chi connectivity index (χ1n) is 13.3. The summed E-state index contributed by atoms with van der Waals surface area (Å²) < 4.78 is 2.68. The molecule has 2 aliphatic carbocycles. The van der Waals surface area contributed by atoms with Crippen LogP contribution in [-0.2, 0) is 0 Å². The van der Waals surface area contributed by atoms with E-state index in [2.05, 4.69) is 110 Å². The van der Waals surface area contributed by atoms with Gasteiger partial charge in [0, 0.05) is 25.7 Å². The Kier molecular flexibility index (Phi) is 5.67. The van der Waals surface area contributed by atoms with Crippen molar-refractivity contribution in [2.75, 3.05) is 0 Å². The highest BCUT2D eigenvalue weighted by molar-refractivity contribution is 7.25. The van der Waals surface area contributed by atoms with Gasteiger partial charge in [-0.1, -0.05) is 85.0 Å². The van der Waals surface area contributed by atoms with Gasteiger partial charge in [0.15, 0.2) is 5.82 Å². The van der Waals surface area contributed by atoms with Crippen molar-refractivity contribution in [3.05, 3.63) is 132 Å². The van der Waals surface area contributed by atoms with Crippen molar-refractivity contribution in [3.63, 3.8) is 0 Å². The molecule has 0 N–H and O–H groups in total. The maximum Gasteiger partial charge on any atom is 0.159 e. The lowest BCUT2D eigenvalue weighted by atomic mass is 9.91. The molecule has 3 aromatic carbocycles. The van der Waals surface area contributed by atoms with Gasteiger partial charge in [0.1, 0.15) is 0 Å². The molecule has 2 nitrogen and oxygen atoms in total. The highest BCUT2D eigenvalue weighted by Gasteiger charge is 2.33. The summed E-state index contributed by atoms with van der Waals surface area (Å²) in [6.45, 7) is 4.11. The van der Waals surface area contributed by atoms with Crippen LogP contribution in [0.1, 0.15) is 60.9 Å². The molecule has 0 aliphatic heterocycles. The predicted molar refractivity (Wildman–Crippen MR) is 163 cm³/mol. The molecular formula is C35H28N2S. The lowest BCUT2D eigenvalue weighted by Crippen LogP contribution is -2.08. The number of nitrogens with zero attached hydrogens (tertiary/aromatic N) is 2. The molecule has 38 heavy (non-hydrogen) atoms. The molecule has 0 bridgehead atoms. The van der Waals surface area contributed by atoms with Crippen molar-refractivity contribution in [3.8, 4) is 11.1 Å². The predicted octanol–water partition coefficient (Wildman–Crippen LogP) is 9.72. The molecule has 3 heteroatoms. The summed E-state index contributed by atoms with van der Waals surface area (Å²) in [5, 5.41) is 2.71. The van der Waals surface area contributed by atoms with Crippen LogP contribution in [0.4, 0.5) is 0 Å². The highest BCUT2D eigenvalue weighted by atomic mass is 32.1. The van der Waals surface area contributed by atoms with Crippen molar-refractivity contribution in [2.24, 2.45) is 0 Å². The Labute approximate surface area is 227 Å². The van der Waals surface area contributed by atoms with E-state index in [0.29, 0.717) is 0 Å². The van der Waals surface area contributed by atoms with Gasteiger partial charge in [-0.05, 0) is 72.7 Å². The molecule has 5 aromatic rings. The molecule has 0 radical (unpaired) electrons. The SMILES string of the molecule is C/C=C\C(=C/C)c1nc(C2=CC=CCC2)cc(C2c3ccccc3-c3c2ccc2sc4ccccc4c32)n1. The van der Waals surface area contributed by atoms with Gasteiger partial charge in [0.25, 0.3) is 0 Å². The van der Waals surface area contributed by atoms with Gasteiger partial charge < -0.3 is 0 Å². The summed E-state index contributed by atoms with van der Waals surface area (Å²) in [7, 11) is 0. The number of fused-ring (bicyclic) bond motifs is 7. The molecule has 0 spiro atoms. The second-order valence-corrected chi connectivity index (χ2v) is 11.0. The number of allylic oxidation sites excluding steroid dienone is 8. The first-order valence-corrected chi connectivity index (χ1v) is 14.2. The summed E-state index contributed by atoms with van der Waals surface area (Å²) in [6.07, 6.45) is 14.9. The van der Waals surface area contributed by atoms with Crippen LogP contribution < -0.4 is 0 Å². The maximum atomic E-state index is 5.25. The van der Waals surface area contributed by atoms with Gasteiger partial charge >= 0.3 is 0 Å². The van der Waals surface area contributed by atoms with E-state index in [-0.39, 0.29) is 5.92 Å². The molecule has 2 heterocycles. The van der Waals surface area contributed by atoms with Crippen molar-refractivity contribution >= 4 is 42.7 Å². The van der Waals surface area contributed by atoms with Gasteiger partial charge in [0.05, 0.1) is 17.3 Å². The van der Waals surface area contributed by atoms with E-state index in [1.54, 1.807) is 0 Å². The van der Waals surface area contributed by atoms with E-state index in [4.69, 9.17) is 9.97 Å². The zero-order chi connectivity index (χ0) is 25.6. The lowest BCUT2D eigenvalue weighted by Gasteiger charge is -2.18. The van der Waals surface area contributed by atoms with E-state index in [9.17, 15) is 0 Å². The summed E-state index contributed by atoms with van der Waals surface area (Å²) in [5.74, 6) is 0.856. The summed E-state index contributed by atoms with van der Waals surface area (Å²) in [4.78, 5) is 10.3. The molecule has 0 saturated carbocycles. The average Bonchev–Trinajstić information content (AvgIpc) is 3.51. The minimum absolute atomic E-state index is 0.0632. The van der Waals surface area contributed by atoms with E-state index < -0.39 is 0 Å². The Bertz CT molecular complexity index is 1850. The molecule has 7 rings (SSSR count). The smallest absolute Gasteiger partial charge is 0.159 e. The van der Waals surface area contributed by atoms with Crippen LogP contribution in [-0.4, -0.2) is 9.97 Å². The molecule has 2 aromatic heterocycles. The summed E-state index contributed by atoms with van der Waals surface area (Å²) in [5.41, 5.74) is 9.77. The standard InChI is InChI=1S/C35H28N2S/c1-3-12-22(4-2)35-36-28(23-13-6-5-7-14-23)21-29(37-35)32-24-15-8-9-16-25(24)33-27(32)19-20-31-34(33)26-17-10-11-18-30(26)38-31/h3-6,8-13,15-21,32H,7,14H2,1-2H3/b12-3-,22-4+. The van der Waals surface area contributed by atoms with Crippen LogP contribution in [0.5, 0.6) is 0 Å². The molecule has 2 aliphatic rings. The van der Waals surface area contributed by atoms with E-state index in [1.165, 1.54) is 48.0 Å². The number of aromatic nitrogens is 2. The second-order valence-electron chi connectivity index (χ2n) is 9.93. The first-order chi connectivity index (χ1) is 18.8. The van der Waals surface area contributed by atoms with Gasteiger partial charge in [-0.2, -0.15) is 0 Å². The molecule has 1 unspecified atom stereocenters. The fourth-order valence-electron chi connectivity index (χ4n) is 6.03. The average molecular weight is 509 g/mol. The van der Waals surface area contributed by atoms with Crippen molar-refractivity contribution in [1.82, 2.24) is 9.97 Å². The van der Waals surface area contributed by atoms with Gasteiger partial charge in [0.2, 0.25) is 0 Å². The van der Waals surface area contributed by atoms with Crippen molar-refractivity contribution in [1.29, 1.82) is 0 Å². The fraction of sp³-hybridized carbons (Fsp3) is 0.143. The Balaban J connectivity index is 1.52. The number of rotatable bonds is 4. The van der Waals surface area contributed by atoms with Crippen LogP contribution in [0.25, 0.3) is 42.4 Å². The van der Waals surface area contributed by atoms with Gasteiger partial charge in [-0.15, -0.1) is 11.3 Å². The van der Waals surface area contributed by atoms with Gasteiger partial charge in [-0.25, -0.2) is 9.97 Å². The van der Waals surface area contributed by atoms with Crippen LogP contribution in [0.2, 0.25) is 0 Å². The molecular weight excluding hydrogens is 480 g/mol. The minimum Gasteiger partial charge on any atom is -0.232 e. The normalized spacial score (nSPS) is 16.8. The zero-order valence-corrected chi connectivity index (χ0v) is 22.4. The third-order valence-electron chi connectivity index (χ3n) is 7.73. The highest BCUT2D eigenvalue weighted by Crippen LogP contribution is 2.53. The third-order valence-corrected chi connectivity index (χ3v) is 8.86. The van der Waals surface area contributed by atoms with E-state index >= 15 is 0 Å². The number of hydrogen-bond donors (Lipinski definition) is 0. The van der Waals surface area contributed by atoms with Gasteiger partial charge in [-0.3, -0.25) is 0 Å². The van der Waals surface area contributed by atoms with Crippen LogP contribution in [0.3, 0.4) is 0 Å². The quantitative estimate of drug-likeness (QED) is 0.221. The molecule has 1 atom stereocenters. The Morgan fingerprint density at radius 2 is 1.79 bits per heavy atom. The molecule has 0 amide bonds. The van der Waals surface area contributed by atoms with Crippen LogP contribution >= 0.6 is 11.3 Å². The monoisotopic (exact) mass is 508 g/mol. The summed E-state index contributed by atoms with van der Waals surface area (Å²) in [6, 6.07) is 24.6. The number of hydrogen-bond acceptors (Lipinski definition) is 3. The van der Waals surface area contributed by atoms with E-state index in [0.717, 1.165) is 35.6 Å². The fourth-order valence-corrected chi connectivity index (χ4v) is 7.14. The summed E-state index contributed by atoms with van der Waals surface area (Å²) >= 11 is 1.88. The Morgan fingerprint density at radius 3 is 2.63 bits per heavy atom. The molecule has 0 saturated heterocycles. The number of benzene rings is 3. The first kappa shape index (κ1) is 23.1. The van der Waals surface area contributed by atoms with Crippen molar-refractivity contribution < 1.29 is 0 Å². The zero-order valence-electron chi connectivity index (χ0n) is 21.6. The molecule has 184 valence electrons. The lowest BCUT2D eigenvalue weighted by molar-refractivity contribution is 0.905. The van der Waals surface area contributed by atoms with Crippen LogP contribution in [0.15, 0.2) is 103 Å². The van der Waals surface area contributed by atoms with E-state index in [1.807, 2.05) is 18.3 Å². The largest absolute Gasteiger partial charge is 0.232 e. The third kappa shape index (κ3) is 3.61. The topological polar surface area (TPSA) is 25.8 Å². The van der Waals surface area contributed by atoms with Crippen LogP contribution in [0, 0.1) is 0 Å². The molecule has 0 fully saturated rings.